The molecule has 0 amide bonds. The molecule has 0 heteroatoms. The van der Waals surface area contributed by atoms with Crippen LogP contribution < -0.4 is 0 Å². The van der Waals surface area contributed by atoms with E-state index in [0.717, 1.165) is 11.8 Å². The van der Waals surface area contributed by atoms with Gasteiger partial charge < -0.3 is 0 Å². The van der Waals surface area contributed by atoms with Crippen molar-refractivity contribution in [2.45, 2.75) is 54.4 Å². The predicted octanol–water partition coefficient (Wildman–Crippen LogP) is 4.10. The Bertz CT molecular complexity index is 95.1. The van der Waals surface area contributed by atoms with E-state index in [1.807, 2.05) is 0 Å². The lowest BCUT2D eigenvalue weighted by atomic mass is 9.78. The fourth-order valence-corrected chi connectivity index (χ4v) is 1.02. The fourth-order valence-electron chi connectivity index (χ4n) is 1.02. The van der Waals surface area contributed by atoms with Gasteiger partial charge in [0.15, 0.2) is 0 Å². The Morgan fingerprint density at radius 3 is 1.64 bits per heavy atom. The van der Waals surface area contributed by atoms with Gasteiger partial charge >= 0.3 is 0 Å². The van der Waals surface area contributed by atoms with Gasteiger partial charge in [0.1, 0.15) is 0 Å². The van der Waals surface area contributed by atoms with E-state index in [9.17, 15) is 0 Å². The summed E-state index contributed by atoms with van der Waals surface area (Å²) < 4.78 is 0. The summed E-state index contributed by atoms with van der Waals surface area (Å²) in [5.41, 5.74) is 0.495. The third-order valence-corrected chi connectivity index (χ3v) is 2.66. The summed E-state index contributed by atoms with van der Waals surface area (Å²) in [6.45, 7) is 14.0. The Kier molecular flexibility index (Phi) is 4.13. The fraction of sp³-hybridized carbons (Fsp3) is 1.00. The maximum absolute atomic E-state index is 2.36. The second kappa shape index (κ2) is 4.13. The Hall–Kier alpha value is 0. The molecule has 0 N–H and O–H groups in total. The Morgan fingerprint density at radius 1 is 0.909 bits per heavy atom. The zero-order valence-corrected chi connectivity index (χ0v) is 9.07. The molecule has 0 nitrogen and oxygen atoms in total. The average Bonchev–Trinajstić information content (AvgIpc) is 1.80. The molecule has 0 spiro atoms. The van der Waals surface area contributed by atoms with Crippen LogP contribution in [-0.4, -0.2) is 0 Å². The lowest BCUT2D eigenvalue weighted by Crippen LogP contribution is -2.17. The molecular weight excluding hydrogens is 132 g/mol. The second-order valence-electron chi connectivity index (χ2n) is 5.24. The topological polar surface area (TPSA) is 0 Å². The largest absolute Gasteiger partial charge is 0.0628 e. The SMILES string of the molecule is CC(C)CCC(C)C(C)(C)C. The smallest absolute Gasteiger partial charge is 0.0357 e. The lowest BCUT2D eigenvalue weighted by molar-refractivity contribution is 0.234. The Labute approximate surface area is 72.4 Å². The maximum Gasteiger partial charge on any atom is -0.0357 e. The first-order valence-corrected chi connectivity index (χ1v) is 4.84. The maximum atomic E-state index is 2.36. The number of hydrogen-bond donors (Lipinski definition) is 0. The summed E-state index contributed by atoms with van der Waals surface area (Å²) in [5.74, 6) is 1.71. The van der Waals surface area contributed by atoms with Gasteiger partial charge in [-0.05, 0) is 23.7 Å². The van der Waals surface area contributed by atoms with Gasteiger partial charge in [0.05, 0.1) is 0 Å². The van der Waals surface area contributed by atoms with Gasteiger partial charge in [-0.2, -0.15) is 0 Å². The monoisotopic (exact) mass is 156 g/mol. The summed E-state index contributed by atoms with van der Waals surface area (Å²) >= 11 is 0. The van der Waals surface area contributed by atoms with Crippen molar-refractivity contribution < 1.29 is 0 Å². The summed E-state index contributed by atoms with van der Waals surface area (Å²) in [5, 5.41) is 0. The molecule has 0 aliphatic heterocycles. The van der Waals surface area contributed by atoms with E-state index in [4.69, 9.17) is 0 Å². The molecule has 0 bridgehead atoms. The summed E-state index contributed by atoms with van der Waals surface area (Å²) in [7, 11) is 0. The molecule has 0 aliphatic rings. The van der Waals surface area contributed by atoms with Crippen LogP contribution in [0, 0.1) is 17.3 Å². The summed E-state index contributed by atoms with van der Waals surface area (Å²) in [6.07, 6.45) is 2.75. The molecule has 0 rings (SSSR count). The van der Waals surface area contributed by atoms with Crippen LogP contribution in [0.3, 0.4) is 0 Å². The average molecular weight is 156 g/mol. The highest BCUT2D eigenvalue weighted by Crippen LogP contribution is 2.29. The summed E-state index contributed by atoms with van der Waals surface area (Å²) in [4.78, 5) is 0. The molecule has 0 aromatic rings. The molecule has 1 atom stereocenters. The molecule has 11 heavy (non-hydrogen) atoms. The van der Waals surface area contributed by atoms with Crippen LogP contribution >= 0.6 is 0 Å². The van der Waals surface area contributed by atoms with E-state index in [-0.39, 0.29) is 0 Å². The molecule has 1 unspecified atom stereocenters. The van der Waals surface area contributed by atoms with Crippen LogP contribution in [-0.2, 0) is 0 Å². The van der Waals surface area contributed by atoms with Crippen LogP contribution in [0.1, 0.15) is 54.4 Å². The second-order valence-corrected chi connectivity index (χ2v) is 5.24. The van der Waals surface area contributed by atoms with E-state index >= 15 is 0 Å². The lowest BCUT2D eigenvalue weighted by Gasteiger charge is -2.27. The van der Waals surface area contributed by atoms with Crippen LogP contribution in [0.25, 0.3) is 0 Å². The molecule has 68 valence electrons. The molecule has 0 aliphatic carbocycles. The molecule has 0 radical (unpaired) electrons. The van der Waals surface area contributed by atoms with Crippen molar-refractivity contribution in [2.24, 2.45) is 17.3 Å². The molecule has 0 heterocycles. The zero-order chi connectivity index (χ0) is 9.07. The van der Waals surface area contributed by atoms with Crippen molar-refractivity contribution in [3.63, 3.8) is 0 Å². The van der Waals surface area contributed by atoms with Gasteiger partial charge in [-0.3, -0.25) is 0 Å². The molecule has 0 aromatic heterocycles. The van der Waals surface area contributed by atoms with Crippen molar-refractivity contribution >= 4 is 0 Å². The van der Waals surface area contributed by atoms with E-state index in [2.05, 4.69) is 41.5 Å². The van der Waals surface area contributed by atoms with Crippen molar-refractivity contribution in [3.05, 3.63) is 0 Å². The van der Waals surface area contributed by atoms with E-state index in [1.165, 1.54) is 12.8 Å². The third-order valence-electron chi connectivity index (χ3n) is 2.66. The van der Waals surface area contributed by atoms with Crippen molar-refractivity contribution in [2.75, 3.05) is 0 Å². The highest BCUT2D eigenvalue weighted by Gasteiger charge is 2.19. The van der Waals surface area contributed by atoms with Crippen LogP contribution in [0.4, 0.5) is 0 Å². The van der Waals surface area contributed by atoms with Gasteiger partial charge in [-0.1, -0.05) is 48.0 Å². The van der Waals surface area contributed by atoms with Crippen molar-refractivity contribution in [1.82, 2.24) is 0 Å². The zero-order valence-electron chi connectivity index (χ0n) is 9.07. The van der Waals surface area contributed by atoms with Crippen LogP contribution in [0.2, 0.25) is 0 Å². The normalized spacial score (nSPS) is 15.5. The number of rotatable bonds is 3. The van der Waals surface area contributed by atoms with Crippen molar-refractivity contribution in [3.8, 4) is 0 Å². The Balaban J connectivity index is 3.61. The molecule has 0 fully saturated rings. The van der Waals surface area contributed by atoms with E-state index in [1.54, 1.807) is 0 Å². The third kappa shape index (κ3) is 5.29. The summed E-state index contributed by atoms with van der Waals surface area (Å²) in [6, 6.07) is 0. The minimum absolute atomic E-state index is 0.495. The first-order valence-electron chi connectivity index (χ1n) is 4.84. The van der Waals surface area contributed by atoms with Gasteiger partial charge in [0, 0.05) is 0 Å². The van der Waals surface area contributed by atoms with Gasteiger partial charge in [0.25, 0.3) is 0 Å². The van der Waals surface area contributed by atoms with E-state index < -0.39 is 0 Å². The number of hydrogen-bond acceptors (Lipinski definition) is 0. The van der Waals surface area contributed by atoms with Crippen LogP contribution in [0.5, 0.6) is 0 Å². The van der Waals surface area contributed by atoms with E-state index in [0.29, 0.717) is 5.41 Å². The van der Waals surface area contributed by atoms with Gasteiger partial charge in [-0.25, -0.2) is 0 Å². The quantitative estimate of drug-likeness (QED) is 0.577. The molecule has 0 saturated heterocycles. The predicted molar refractivity (Wildman–Crippen MR) is 52.7 cm³/mol. The highest BCUT2D eigenvalue weighted by molar-refractivity contribution is 4.70. The highest BCUT2D eigenvalue weighted by atomic mass is 14.2. The standard InChI is InChI=1S/C11H24/c1-9(2)7-8-10(3)11(4,5)6/h9-10H,7-8H2,1-6H3. The first kappa shape index (κ1) is 11.0. The van der Waals surface area contributed by atoms with Crippen molar-refractivity contribution in [1.29, 1.82) is 0 Å². The molecule has 0 saturated carbocycles. The Morgan fingerprint density at radius 2 is 1.36 bits per heavy atom. The van der Waals surface area contributed by atoms with Gasteiger partial charge in [0.2, 0.25) is 0 Å². The molecule has 0 aromatic carbocycles. The van der Waals surface area contributed by atoms with Crippen LogP contribution in [0.15, 0.2) is 0 Å². The first-order chi connectivity index (χ1) is 4.84. The van der Waals surface area contributed by atoms with Gasteiger partial charge in [-0.15, -0.1) is 0 Å². The minimum Gasteiger partial charge on any atom is -0.0628 e. The molecular formula is C11H24. The minimum atomic E-state index is 0.495.